The fourth-order valence-corrected chi connectivity index (χ4v) is 5.55. The summed E-state index contributed by atoms with van der Waals surface area (Å²) < 4.78 is 22.9. The predicted octanol–water partition coefficient (Wildman–Crippen LogP) is 7.44. The Bertz CT molecular complexity index is 1520. The van der Waals surface area contributed by atoms with Crippen molar-refractivity contribution < 1.29 is 13.9 Å². The Morgan fingerprint density at radius 1 is 1.05 bits per heavy atom. The van der Waals surface area contributed by atoms with Crippen LogP contribution >= 0.6 is 23.2 Å². The van der Waals surface area contributed by atoms with E-state index in [4.69, 9.17) is 33.0 Å². The number of methoxy groups -OCH3 is 1. The van der Waals surface area contributed by atoms with Gasteiger partial charge < -0.3 is 4.74 Å². The molecule has 0 saturated heterocycles. The molecule has 0 fully saturated rings. The van der Waals surface area contributed by atoms with Gasteiger partial charge in [0.25, 0.3) is 0 Å². The molecule has 0 radical (unpaired) electrons. The molecule has 1 atom stereocenters. The Balaban J connectivity index is 1.85. The van der Waals surface area contributed by atoms with E-state index < -0.39 is 11.9 Å². The quantitative estimate of drug-likeness (QED) is 0.265. The molecule has 1 amide bonds. The number of aromatic nitrogens is 2. The van der Waals surface area contributed by atoms with E-state index >= 15 is 4.39 Å². The van der Waals surface area contributed by atoms with Crippen molar-refractivity contribution in [2.75, 3.05) is 12.0 Å². The first-order valence-corrected chi connectivity index (χ1v) is 12.8. The van der Waals surface area contributed by atoms with Crippen molar-refractivity contribution in [2.24, 2.45) is 0 Å². The molecule has 2 heterocycles. The highest BCUT2D eigenvalue weighted by atomic mass is 35.5. The van der Waals surface area contributed by atoms with Crippen LogP contribution in [0.2, 0.25) is 10.0 Å². The molecule has 1 aromatic heterocycles. The van der Waals surface area contributed by atoms with Crippen LogP contribution < -0.4 is 9.64 Å². The second-order valence-electron chi connectivity index (χ2n) is 9.40. The highest BCUT2D eigenvalue weighted by Crippen LogP contribution is 2.45. The van der Waals surface area contributed by atoms with Gasteiger partial charge in [-0.1, -0.05) is 61.3 Å². The average Bonchev–Trinajstić information content (AvgIpc) is 3.24. The van der Waals surface area contributed by atoms with Gasteiger partial charge in [-0.05, 0) is 60.4 Å². The van der Waals surface area contributed by atoms with E-state index in [2.05, 4.69) is 13.8 Å². The van der Waals surface area contributed by atoms with Crippen LogP contribution in [0.15, 0.2) is 60.7 Å². The minimum Gasteiger partial charge on any atom is -0.494 e. The lowest BCUT2D eigenvalue weighted by Crippen LogP contribution is -2.42. The number of hydrogen-bond donors (Lipinski definition) is 0. The standard InChI is InChI=1S/C29H26Cl2FN3O2/c1-16(2)28-26-21(33-35(28)22-9-5-6-11-24(22)37-4)15-25(36)34(23-10-7-8-20(31)27(23)32)29(26)19-13-12-18(30)14-17(19)3/h5-14,16,29H,15H2,1-4H3. The van der Waals surface area contributed by atoms with Crippen LogP contribution in [-0.2, 0) is 11.2 Å². The molecule has 4 aromatic rings. The Kier molecular flexibility index (Phi) is 6.73. The number of carbonyl (C=O) groups is 1. The Labute approximate surface area is 225 Å². The average molecular weight is 538 g/mol. The van der Waals surface area contributed by atoms with E-state index in [0.29, 0.717) is 16.5 Å². The molecule has 5 rings (SSSR count). The van der Waals surface area contributed by atoms with E-state index in [9.17, 15) is 4.79 Å². The van der Waals surface area contributed by atoms with Crippen molar-refractivity contribution in [3.8, 4) is 11.4 Å². The van der Waals surface area contributed by atoms with Crippen molar-refractivity contribution in [3.63, 3.8) is 0 Å². The number of anilines is 1. The zero-order chi connectivity index (χ0) is 26.4. The summed E-state index contributed by atoms with van der Waals surface area (Å²) in [4.78, 5) is 15.3. The van der Waals surface area contributed by atoms with Crippen LogP contribution in [0.25, 0.3) is 5.69 Å². The van der Waals surface area contributed by atoms with Gasteiger partial charge in [-0.3, -0.25) is 9.69 Å². The molecule has 5 nitrogen and oxygen atoms in total. The predicted molar refractivity (Wildman–Crippen MR) is 145 cm³/mol. The van der Waals surface area contributed by atoms with Crippen molar-refractivity contribution in [1.29, 1.82) is 0 Å². The molecule has 0 N–H and O–H groups in total. The van der Waals surface area contributed by atoms with Gasteiger partial charge in [-0.15, -0.1) is 0 Å². The molecule has 0 bridgehead atoms. The van der Waals surface area contributed by atoms with Gasteiger partial charge in [-0.2, -0.15) is 5.10 Å². The smallest absolute Gasteiger partial charge is 0.234 e. The van der Waals surface area contributed by atoms with Crippen molar-refractivity contribution in [1.82, 2.24) is 9.78 Å². The van der Waals surface area contributed by atoms with Gasteiger partial charge in [-0.25, -0.2) is 9.07 Å². The summed E-state index contributed by atoms with van der Waals surface area (Å²) in [7, 11) is 1.62. The number of ether oxygens (including phenoxy) is 1. The Hall–Kier alpha value is -3.35. The van der Waals surface area contributed by atoms with Crippen LogP contribution in [0.4, 0.5) is 10.1 Å². The summed E-state index contributed by atoms with van der Waals surface area (Å²) in [6.07, 6.45) is 0.0201. The van der Waals surface area contributed by atoms with Crippen molar-refractivity contribution >= 4 is 34.8 Å². The van der Waals surface area contributed by atoms with Crippen molar-refractivity contribution in [2.45, 2.75) is 39.2 Å². The molecule has 1 aliphatic rings. The number of benzene rings is 3. The fraction of sp³-hybridized carbons (Fsp3) is 0.241. The summed E-state index contributed by atoms with van der Waals surface area (Å²) >= 11 is 12.5. The summed E-state index contributed by atoms with van der Waals surface area (Å²) in [6.45, 7) is 6.09. The van der Waals surface area contributed by atoms with Gasteiger partial charge >= 0.3 is 0 Å². The third-order valence-electron chi connectivity index (χ3n) is 6.73. The zero-order valence-electron chi connectivity index (χ0n) is 20.9. The molecule has 0 saturated carbocycles. The van der Waals surface area contributed by atoms with Crippen LogP contribution in [0, 0.1) is 12.7 Å². The molecule has 3 aromatic carbocycles. The largest absolute Gasteiger partial charge is 0.494 e. The van der Waals surface area contributed by atoms with Gasteiger partial charge in [0, 0.05) is 10.6 Å². The normalized spacial score (nSPS) is 15.3. The first-order chi connectivity index (χ1) is 17.7. The summed E-state index contributed by atoms with van der Waals surface area (Å²) in [5.41, 5.74) is 5.04. The lowest BCUT2D eigenvalue weighted by molar-refractivity contribution is -0.118. The lowest BCUT2D eigenvalue weighted by atomic mass is 9.85. The lowest BCUT2D eigenvalue weighted by Gasteiger charge is -2.37. The van der Waals surface area contributed by atoms with Crippen LogP contribution in [0.5, 0.6) is 5.75 Å². The first-order valence-electron chi connectivity index (χ1n) is 12.0. The topological polar surface area (TPSA) is 47.4 Å². The number of fused-ring (bicyclic) bond motifs is 1. The highest BCUT2D eigenvalue weighted by Gasteiger charge is 2.42. The second-order valence-corrected chi connectivity index (χ2v) is 10.2. The second kappa shape index (κ2) is 9.84. The maximum absolute atomic E-state index is 15.4. The number of aryl methyl sites for hydroxylation is 1. The number of amides is 1. The van der Waals surface area contributed by atoms with Gasteiger partial charge in [0.05, 0.1) is 41.7 Å². The summed E-state index contributed by atoms with van der Waals surface area (Å²) in [5, 5.41) is 5.47. The number of rotatable bonds is 5. The Morgan fingerprint density at radius 3 is 2.49 bits per heavy atom. The molecule has 1 aliphatic heterocycles. The number of nitrogens with zero attached hydrogens (tertiary/aromatic N) is 3. The highest BCUT2D eigenvalue weighted by molar-refractivity contribution is 6.31. The number of halogens is 3. The van der Waals surface area contributed by atoms with E-state index in [-0.39, 0.29) is 29.0 Å². The fourth-order valence-electron chi connectivity index (χ4n) is 5.16. The minimum atomic E-state index is -0.638. The summed E-state index contributed by atoms with van der Waals surface area (Å²) in [5.74, 6) is -0.225. The summed E-state index contributed by atoms with van der Waals surface area (Å²) in [6, 6.07) is 17.2. The van der Waals surface area contributed by atoms with Gasteiger partial charge in [0.1, 0.15) is 11.4 Å². The number of para-hydroxylation sites is 2. The molecule has 0 spiro atoms. The van der Waals surface area contributed by atoms with Crippen molar-refractivity contribution in [3.05, 3.63) is 105 Å². The molecular formula is C29H26Cl2FN3O2. The van der Waals surface area contributed by atoms with E-state index in [1.54, 1.807) is 25.3 Å². The third-order valence-corrected chi connectivity index (χ3v) is 7.26. The number of hydrogen-bond acceptors (Lipinski definition) is 3. The Morgan fingerprint density at radius 2 is 1.78 bits per heavy atom. The maximum Gasteiger partial charge on any atom is 0.234 e. The minimum absolute atomic E-state index is 0.0201. The van der Waals surface area contributed by atoms with E-state index in [1.165, 1.54) is 11.0 Å². The van der Waals surface area contributed by atoms with Gasteiger partial charge in [0.2, 0.25) is 5.91 Å². The van der Waals surface area contributed by atoms with Crippen LogP contribution in [-0.4, -0.2) is 22.8 Å². The first kappa shape index (κ1) is 25.3. The van der Waals surface area contributed by atoms with Crippen LogP contribution in [0.3, 0.4) is 0 Å². The maximum atomic E-state index is 15.4. The molecule has 190 valence electrons. The molecule has 8 heteroatoms. The molecule has 0 aliphatic carbocycles. The molecule has 1 unspecified atom stereocenters. The van der Waals surface area contributed by atoms with Gasteiger partial charge in [0.15, 0.2) is 5.82 Å². The SMILES string of the molecule is COc1ccccc1-n1nc2c(c1C(C)C)C(c1ccc(Cl)cc1C)N(c1cccc(Cl)c1F)C(=O)C2. The third kappa shape index (κ3) is 4.28. The zero-order valence-corrected chi connectivity index (χ0v) is 22.4. The molecular weight excluding hydrogens is 512 g/mol. The monoisotopic (exact) mass is 537 g/mol. The van der Waals surface area contributed by atoms with E-state index in [1.807, 2.05) is 48.0 Å². The number of carbonyl (C=O) groups excluding carboxylic acids is 1. The van der Waals surface area contributed by atoms with E-state index in [0.717, 1.165) is 28.1 Å². The van der Waals surface area contributed by atoms with Crippen LogP contribution in [0.1, 0.15) is 53.9 Å². The molecule has 37 heavy (non-hydrogen) atoms.